The minimum absolute atomic E-state index is 0.0166. The Labute approximate surface area is 205 Å². The second-order valence-electron chi connectivity index (χ2n) is 8.63. The zero-order valence-corrected chi connectivity index (χ0v) is 21.4. The maximum absolute atomic E-state index is 13.5. The van der Waals surface area contributed by atoms with Crippen LogP contribution in [0.25, 0.3) is 0 Å². The predicted molar refractivity (Wildman–Crippen MR) is 132 cm³/mol. The van der Waals surface area contributed by atoms with Crippen LogP contribution in [0.4, 0.5) is 0 Å². The van der Waals surface area contributed by atoms with Crippen molar-refractivity contribution in [2.24, 2.45) is 5.92 Å². The molecule has 0 saturated carbocycles. The van der Waals surface area contributed by atoms with Crippen LogP contribution >= 0.6 is 22.9 Å². The van der Waals surface area contributed by atoms with E-state index in [1.807, 2.05) is 43.9 Å². The highest BCUT2D eigenvalue weighted by Crippen LogP contribution is 2.34. The summed E-state index contributed by atoms with van der Waals surface area (Å²) in [6.45, 7) is 7.73. The molecule has 6 nitrogen and oxygen atoms in total. The van der Waals surface area contributed by atoms with E-state index in [0.717, 1.165) is 23.3 Å². The van der Waals surface area contributed by atoms with Crippen molar-refractivity contribution in [3.63, 3.8) is 0 Å². The first-order valence-corrected chi connectivity index (χ1v) is 12.6. The van der Waals surface area contributed by atoms with Gasteiger partial charge in [0, 0.05) is 42.6 Å². The van der Waals surface area contributed by atoms with Gasteiger partial charge in [0.1, 0.15) is 12.4 Å². The van der Waals surface area contributed by atoms with Gasteiger partial charge in [0.2, 0.25) is 11.8 Å². The van der Waals surface area contributed by atoms with Gasteiger partial charge in [-0.2, -0.15) is 0 Å². The van der Waals surface area contributed by atoms with E-state index in [4.69, 9.17) is 21.1 Å². The zero-order valence-electron chi connectivity index (χ0n) is 19.8. The van der Waals surface area contributed by atoms with Crippen molar-refractivity contribution in [1.82, 2.24) is 9.80 Å². The summed E-state index contributed by atoms with van der Waals surface area (Å²) in [7, 11) is 1.64. The summed E-state index contributed by atoms with van der Waals surface area (Å²) < 4.78 is 11.2. The van der Waals surface area contributed by atoms with E-state index in [9.17, 15) is 9.59 Å². The highest BCUT2D eigenvalue weighted by atomic mass is 35.5. The Bertz CT molecular complexity index is 962. The average Bonchev–Trinajstić information content (AvgIpc) is 3.27. The van der Waals surface area contributed by atoms with Crippen molar-refractivity contribution >= 4 is 34.8 Å². The molecule has 33 heavy (non-hydrogen) atoms. The number of carbonyl (C=O) groups is 2. The van der Waals surface area contributed by atoms with E-state index in [1.54, 1.807) is 23.3 Å². The normalized spacial score (nSPS) is 15.5. The van der Waals surface area contributed by atoms with Gasteiger partial charge in [-0.05, 0) is 60.5 Å². The van der Waals surface area contributed by atoms with Gasteiger partial charge in [0.25, 0.3) is 0 Å². The number of aryl methyl sites for hydroxylation is 1. The molecule has 2 heterocycles. The number of ether oxygens (including phenoxy) is 2. The molecule has 8 heteroatoms. The molecule has 0 unspecified atom stereocenters. The molecule has 1 aromatic heterocycles. The molecule has 0 radical (unpaired) electrons. The molecule has 2 aromatic rings. The highest BCUT2D eigenvalue weighted by Gasteiger charge is 2.33. The molecule has 1 aliphatic heterocycles. The van der Waals surface area contributed by atoms with Gasteiger partial charge in [-0.3, -0.25) is 9.59 Å². The average molecular weight is 493 g/mol. The van der Waals surface area contributed by atoms with Crippen LogP contribution in [0.5, 0.6) is 5.75 Å². The number of methoxy groups -OCH3 is 1. The molecule has 0 fully saturated rings. The zero-order chi connectivity index (χ0) is 24.0. The van der Waals surface area contributed by atoms with Crippen molar-refractivity contribution in [3.05, 3.63) is 50.7 Å². The van der Waals surface area contributed by atoms with Crippen LogP contribution in [0.3, 0.4) is 0 Å². The lowest BCUT2D eigenvalue weighted by Crippen LogP contribution is -2.48. The first-order valence-electron chi connectivity index (χ1n) is 11.3. The number of nitrogens with zero attached hydrogens (tertiary/aromatic N) is 2. The predicted octanol–water partition coefficient (Wildman–Crippen LogP) is 4.74. The maximum Gasteiger partial charge on any atom is 0.242 e. The largest absolute Gasteiger partial charge is 0.491 e. The molecule has 180 valence electrons. The minimum atomic E-state index is -0.196. The molecule has 0 saturated heterocycles. The molecule has 1 aliphatic rings. The number of amides is 2. The van der Waals surface area contributed by atoms with Crippen molar-refractivity contribution in [3.8, 4) is 5.75 Å². The summed E-state index contributed by atoms with van der Waals surface area (Å²) in [5.41, 5.74) is 2.08. The third kappa shape index (κ3) is 6.49. The summed E-state index contributed by atoms with van der Waals surface area (Å²) in [4.78, 5) is 31.0. The second kappa shape index (κ2) is 11.9. The second-order valence-corrected chi connectivity index (χ2v) is 10.0. The van der Waals surface area contributed by atoms with E-state index in [0.29, 0.717) is 37.7 Å². The van der Waals surface area contributed by atoms with Gasteiger partial charge in [-0.1, -0.05) is 25.4 Å². The lowest BCUT2D eigenvalue weighted by Gasteiger charge is -2.37. The number of hydrogen-bond acceptors (Lipinski definition) is 5. The van der Waals surface area contributed by atoms with Gasteiger partial charge >= 0.3 is 0 Å². The van der Waals surface area contributed by atoms with Gasteiger partial charge in [-0.15, -0.1) is 11.3 Å². The monoisotopic (exact) mass is 492 g/mol. The quantitative estimate of drug-likeness (QED) is 0.450. The molecular weight excluding hydrogens is 460 g/mol. The van der Waals surface area contributed by atoms with Crippen LogP contribution in [0.15, 0.2) is 29.6 Å². The van der Waals surface area contributed by atoms with Gasteiger partial charge in [0.15, 0.2) is 0 Å². The molecule has 0 bridgehead atoms. The number of rotatable bonds is 10. The first-order chi connectivity index (χ1) is 15.8. The summed E-state index contributed by atoms with van der Waals surface area (Å²) in [6.07, 6.45) is 1.51. The van der Waals surface area contributed by atoms with Gasteiger partial charge in [-0.25, -0.2) is 0 Å². The molecule has 0 aliphatic carbocycles. The number of carbonyl (C=O) groups excluding carboxylic acids is 2. The van der Waals surface area contributed by atoms with E-state index >= 15 is 0 Å². The summed E-state index contributed by atoms with van der Waals surface area (Å²) >= 11 is 7.86. The molecule has 2 amide bonds. The summed E-state index contributed by atoms with van der Waals surface area (Å²) in [6, 6.07) is 7.46. The number of halogens is 1. The summed E-state index contributed by atoms with van der Waals surface area (Å²) in [5.74, 6) is 0.483. The van der Waals surface area contributed by atoms with E-state index in [-0.39, 0.29) is 30.3 Å². The topological polar surface area (TPSA) is 59.1 Å². The van der Waals surface area contributed by atoms with Crippen LogP contribution in [0.1, 0.15) is 42.3 Å². The fraction of sp³-hybridized carbons (Fsp3) is 0.520. The van der Waals surface area contributed by atoms with Crippen LogP contribution < -0.4 is 4.74 Å². The Kier molecular flexibility index (Phi) is 9.18. The molecular formula is C25H33ClN2O4S. The number of fused-ring (bicyclic) bond motifs is 1. The van der Waals surface area contributed by atoms with Crippen molar-refractivity contribution in [2.45, 2.75) is 39.7 Å². The first kappa shape index (κ1) is 25.5. The Morgan fingerprint density at radius 1 is 1.30 bits per heavy atom. The van der Waals surface area contributed by atoms with Gasteiger partial charge in [0.05, 0.1) is 12.6 Å². The fourth-order valence-electron chi connectivity index (χ4n) is 4.04. The van der Waals surface area contributed by atoms with Gasteiger partial charge < -0.3 is 19.3 Å². The lowest BCUT2D eigenvalue weighted by molar-refractivity contribution is -0.144. The molecule has 1 atom stereocenters. The Morgan fingerprint density at radius 3 is 2.79 bits per heavy atom. The molecule has 1 aromatic carbocycles. The standard InChI is InChI=1S/C25H33ClN2O4S/c1-17(2)25(30)27(10-5-12-31-4)15-24(29)28-11-8-23-20(9-13-33-23)22(28)16-32-19-6-7-21(26)18(3)14-19/h6-7,9,13-14,17,22H,5,8,10-12,15-16H2,1-4H3/t22-/m1/s1. The lowest BCUT2D eigenvalue weighted by atomic mass is 10.00. The SMILES string of the molecule is COCCCN(CC(=O)N1CCc2sccc2[C@H]1COc1ccc(Cl)c(C)c1)C(=O)C(C)C. The smallest absolute Gasteiger partial charge is 0.242 e. The van der Waals surface area contributed by atoms with Crippen molar-refractivity contribution < 1.29 is 19.1 Å². The Balaban J connectivity index is 1.75. The molecule has 0 N–H and O–H groups in total. The summed E-state index contributed by atoms with van der Waals surface area (Å²) in [5, 5.41) is 2.76. The minimum Gasteiger partial charge on any atom is -0.491 e. The number of hydrogen-bond donors (Lipinski definition) is 0. The Hall–Kier alpha value is -2.09. The van der Waals surface area contributed by atoms with E-state index in [1.165, 1.54) is 4.88 Å². The van der Waals surface area contributed by atoms with Crippen molar-refractivity contribution in [1.29, 1.82) is 0 Å². The van der Waals surface area contributed by atoms with Crippen molar-refractivity contribution in [2.75, 3.05) is 40.0 Å². The van der Waals surface area contributed by atoms with Crippen LogP contribution in [0.2, 0.25) is 5.02 Å². The highest BCUT2D eigenvalue weighted by molar-refractivity contribution is 7.10. The maximum atomic E-state index is 13.5. The van der Waals surface area contributed by atoms with Crippen LogP contribution in [0, 0.1) is 12.8 Å². The molecule has 0 spiro atoms. The van der Waals surface area contributed by atoms with E-state index in [2.05, 4.69) is 11.4 Å². The number of thiophene rings is 1. The van der Waals surface area contributed by atoms with E-state index < -0.39 is 0 Å². The fourth-order valence-corrected chi connectivity index (χ4v) is 5.09. The van der Waals surface area contributed by atoms with Crippen LogP contribution in [-0.4, -0.2) is 61.6 Å². The third-order valence-electron chi connectivity index (χ3n) is 5.86. The number of benzene rings is 1. The Morgan fingerprint density at radius 2 is 2.09 bits per heavy atom. The molecule has 3 rings (SSSR count). The third-order valence-corrected chi connectivity index (χ3v) is 7.28. The van der Waals surface area contributed by atoms with Crippen LogP contribution in [-0.2, 0) is 20.7 Å².